The van der Waals surface area contributed by atoms with E-state index in [0.717, 1.165) is 5.56 Å². The minimum Gasteiger partial charge on any atom is -0.490 e. The number of hydrogen-bond donors (Lipinski definition) is 1. The van der Waals surface area contributed by atoms with Gasteiger partial charge in [0.05, 0.1) is 18.8 Å². The van der Waals surface area contributed by atoms with E-state index in [2.05, 4.69) is 5.32 Å². The Kier molecular flexibility index (Phi) is 7.64. The molecule has 5 heteroatoms. The molecule has 0 spiro atoms. The van der Waals surface area contributed by atoms with Gasteiger partial charge in [-0.15, -0.1) is 0 Å². The number of nitrogens with one attached hydrogen (secondary N) is 1. The number of rotatable bonds is 10. The fourth-order valence-corrected chi connectivity index (χ4v) is 1.75. The minimum absolute atomic E-state index is 0.276. The van der Waals surface area contributed by atoms with Crippen molar-refractivity contribution >= 4 is 0 Å². The Labute approximate surface area is 126 Å². The molecule has 0 saturated carbocycles. The van der Waals surface area contributed by atoms with Gasteiger partial charge in [0.2, 0.25) is 0 Å². The third-order valence-electron chi connectivity index (χ3n) is 3.35. The molecule has 0 saturated heterocycles. The third kappa shape index (κ3) is 6.42. The molecule has 21 heavy (non-hydrogen) atoms. The molecule has 0 aliphatic rings. The molecule has 0 radical (unpaired) electrons. The van der Waals surface area contributed by atoms with Crippen LogP contribution in [0.15, 0.2) is 18.2 Å². The predicted octanol–water partition coefficient (Wildman–Crippen LogP) is 2.76. The van der Waals surface area contributed by atoms with Crippen LogP contribution in [0.3, 0.4) is 0 Å². The van der Waals surface area contributed by atoms with Crippen LogP contribution in [0, 0.1) is 5.82 Å². The lowest BCUT2D eigenvalue weighted by molar-refractivity contribution is 0.00504. The smallest absolute Gasteiger partial charge is 0.165 e. The van der Waals surface area contributed by atoms with Crippen LogP contribution in [-0.4, -0.2) is 39.6 Å². The first-order valence-electron chi connectivity index (χ1n) is 7.15. The van der Waals surface area contributed by atoms with Crippen LogP contribution in [0.4, 0.5) is 4.39 Å². The lowest BCUT2D eigenvalue weighted by atomic mass is 10.1. The van der Waals surface area contributed by atoms with E-state index >= 15 is 0 Å². The Morgan fingerprint density at radius 2 is 1.95 bits per heavy atom. The largest absolute Gasteiger partial charge is 0.490 e. The van der Waals surface area contributed by atoms with Crippen LogP contribution in [0.5, 0.6) is 5.75 Å². The van der Waals surface area contributed by atoms with Gasteiger partial charge in [0.15, 0.2) is 11.6 Å². The van der Waals surface area contributed by atoms with E-state index in [1.54, 1.807) is 20.3 Å². The van der Waals surface area contributed by atoms with Crippen molar-refractivity contribution in [2.45, 2.75) is 32.4 Å². The summed E-state index contributed by atoms with van der Waals surface area (Å²) >= 11 is 0. The van der Waals surface area contributed by atoms with Gasteiger partial charge in [-0.05, 0) is 19.9 Å². The van der Waals surface area contributed by atoms with E-state index in [4.69, 9.17) is 14.2 Å². The highest BCUT2D eigenvalue weighted by Crippen LogP contribution is 2.24. The van der Waals surface area contributed by atoms with Crippen molar-refractivity contribution in [2.75, 3.05) is 34.0 Å². The average Bonchev–Trinajstić information content (AvgIpc) is 2.46. The Morgan fingerprint density at radius 1 is 1.19 bits per heavy atom. The van der Waals surface area contributed by atoms with Gasteiger partial charge < -0.3 is 19.5 Å². The monoisotopic (exact) mass is 299 g/mol. The number of hydrogen-bond acceptors (Lipinski definition) is 4. The van der Waals surface area contributed by atoms with E-state index in [9.17, 15) is 4.39 Å². The number of para-hydroxylation sites is 1. The Hall–Kier alpha value is -1.17. The van der Waals surface area contributed by atoms with E-state index in [1.165, 1.54) is 6.07 Å². The van der Waals surface area contributed by atoms with E-state index in [0.29, 0.717) is 38.5 Å². The zero-order chi connectivity index (χ0) is 15.7. The molecule has 0 bridgehead atoms. The van der Waals surface area contributed by atoms with E-state index < -0.39 is 0 Å². The first-order chi connectivity index (χ1) is 10.00. The molecular weight excluding hydrogens is 273 g/mol. The summed E-state index contributed by atoms with van der Waals surface area (Å²) in [5, 5.41) is 3.19. The van der Waals surface area contributed by atoms with Crippen molar-refractivity contribution in [3.05, 3.63) is 29.6 Å². The van der Waals surface area contributed by atoms with Gasteiger partial charge in [-0.3, -0.25) is 0 Å². The Balaban J connectivity index is 2.58. The first kappa shape index (κ1) is 17.9. The van der Waals surface area contributed by atoms with Gasteiger partial charge >= 0.3 is 0 Å². The molecule has 0 aromatic heterocycles. The van der Waals surface area contributed by atoms with Crippen molar-refractivity contribution in [1.29, 1.82) is 0 Å². The summed E-state index contributed by atoms with van der Waals surface area (Å²) in [7, 11) is 3.31. The lowest BCUT2D eigenvalue weighted by Crippen LogP contribution is -2.25. The highest BCUT2D eigenvalue weighted by atomic mass is 19.1. The van der Waals surface area contributed by atoms with Gasteiger partial charge in [-0.2, -0.15) is 0 Å². The van der Waals surface area contributed by atoms with Gasteiger partial charge in [0.25, 0.3) is 0 Å². The summed E-state index contributed by atoms with van der Waals surface area (Å²) in [6.07, 6.45) is 0.689. The molecule has 0 heterocycles. The average molecular weight is 299 g/mol. The van der Waals surface area contributed by atoms with Crippen LogP contribution in [0.25, 0.3) is 0 Å². The molecule has 0 atom stereocenters. The van der Waals surface area contributed by atoms with Gasteiger partial charge in [0, 0.05) is 39.3 Å². The summed E-state index contributed by atoms with van der Waals surface area (Å²) in [6, 6.07) is 4.96. The molecule has 0 aliphatic carbocycles. The van der Waals surface area contributed by atoms with Crippen molar-refractivity contribution in [2.24, 2.45) is 0 Å². The van der Waals surface area contributed by atoms with Crippen LogP contribution < -0.4 is 10.1 Å². The standard InChI is InChI=1S/C16H26FNO3/c1-16(2,20-4)8-10-21-15-13(6-5-7-14(15)17)12-18-9-11-19-3/h5-7,18H,8-12H2,1-4H3. The molecule has 0 amide bonds. The van der Waals surface area contributed by atoms with E-state index in [-0.39, 0.29) is 11.4 Å². The quantitative estimate of drug-likeness (QED) is 0.674. The third-order valence-corrected chi connectivity index (χ3v) is 3.35. The zero-order valence-corrected chi connectivity index (χ0v) is 13.4. The van der Waals surface area contributed by atoms with Crippen LogP contribution in [0.2, 0.25) is 0 Å². The van der Waals surface area contributed by atoms with Gasteiger partial charge in [-0.25, -0.2) is 4.39 Å². The summed E-state index contributed by atoms with van der Waals surface area (Å²) in [4.78, 5) is 0. The molecule has 1 rings (SSSR count). The second-order valence-corrected chi connectivity index (χ2v) is 5.46. The highest BCUT2D eigenvalue weighted by molar-refractivity contribution is 5.34. The fourth-order valence-electron chi connectivity index (χ4n) is 1.75. The van der Waals surface area contributed by atoms with Gasteiger partial charge in [-0.1, -0.05) is 12.1 Å². The van der Waals surface area contributed by atoms with Gasteiger partial charge in [0.1, 0.15) is 0 Å². The second kappa shape index (κ2) is 8.97. The molecule has 0 fully saturated rings. The maximum Gasteiger partial charge on any atom is 0.165 e. The lowest BCUT2D eigenvalue weighted by Gasteiger charge is -2.23. The molecular formula is C16H26FNO3. The normalized spacial score (nSPS) is 11.7. The van der Waals surface area contributed by atoms with Crippen LogP contribution in [-0.2, 0) is 16.0 Å². The summed E-state index contributed by atoms with van der Waals surface area (Å²) in [5.74, 6) is -0.0226. The molecule has 0 unspecified atom stereocenters. The zero-order valence-electron chi connectivity index (χ0n) is 13.4. The molecule has 1 aromatic carbocycles. The summed E-state index contributed by atoms with van der Waals surface area (Å²) in [5.41, 5.74) is 0.531. The Morgan fingerprint density at radius 3 is 2.62 bits per heavy atom. The van der Waals surface area contributed by atoms with Crippen molar-refractivity contribution in [3.8, 4) is 5.75 Å². The maximum absolute atomic E-state index is 13.9. The number of ether oxygens (including phenoxy) is 3. The fraction of sp³-hybridized carbons (Fsp3) is 0.625. The Bertz CT molecular complexity index is 424. The SMILES string of the molecule is COCCNCc1cccc(F)c1OCCC(C)(C)OC. The van der Waals surface area contributed by atoms with Crippen molar-refractivity contribution in [1.82, 2.24) is 5.32 Å². The molecule has 1 N–H and O–H groups in total. The predicted molar refractivity (Wildman–Crippen MR) is 81.2 cm³/mol. The summed E-state index contributed by atoms with van der Waals surface area (Å²) < 4.78 is 29.8. The van der Waals surface area contributed by atoms with E-state index in [1.807, 2.05) is 19.9 Å². The maximum atomic E-state index is 13.9. The molecule has 4 nitrogen and oxygen atoms in total. The number of benzene rings is 1. The van der Waals surface area contributed by atoms with Crippen LogP contribution >= 0.6 is 0 Å². The minimum atomic E-state index is -0.337. The topological polar surface area (TPSA) is 39.7 Å². The summed E-state index contributed by atoms with van der Waals surface area (Å²) in [6.45, 7) is 6.24. The van der Waals surface area contributed by atoms with Crippen molar-refractivity contribution in [3.63, 3.8) is 0 Å². The van der Waals surface area contributed by atoms with Crippen LogP contribution in [0.1, 0.15) is 25.8 Å². The molecule has 120 valence electrons. The highest BCUT2D eigenvalue weighted by Gasteiger charge is 2.17. The van der Waals surface area contributed by atoms with Crippen molar-refractivity contribution < 1.29 is 18.6 Å². The number of methoxy groups -OCH3 is 2. The molecule has 1 aromatic rings. The first-order valence-corrected chi connectivity index (χ1v) is 7.15. The number of halogens is 1. The molecule has 0 aliphatic heterocycles. The second-order valence-electron chi connectivity index (χ2n) is 5.46.